The number of hydrogen-bond acceptors (Lipinski definition) is 7. The van der Waals surface area contributed by atoms with Gasteiger partial charge in [0.2, 0.25) is 5.95 Å². The van der Waals surface area contributed by atoms with Crippen molar-refractivity contribution in [1.29, 1.82) is 0 Å². The van der Waals surface area contributed by atoms with Crippen LogP contribution in [0.25, 0.3) is 11.3 Å². The normalized spacial score (nSPS) is 16.8. The van der Waals surface area contributed by atoms with Crippen LogP contribution in [0.2, 0.25) is 0 Å². The van der Waals surface area contributed by atoms with Crippen molar-refractivity contribution in [2.45, 2.75) is 38.6 Å². The van der Waals surface area contributed by atoms with Gasteiger partial charge in [0.15, 0.2) is 17.4 Å². The van der Waals surface area contributed by atoms with Crippen LogP contribution in [0.15, 0.2) is 36.7 Å². The second-order valence-corrected chi connectivity index (χ2v) is 9.51. The lowest BCUT2D eigenvalue weighted by Gasteiger charge is -2.34. The molecule has 9 heteroatoms. The molecule has 0 amide bonds. The van der Waals surface area contributed by atoms with E-state index in [-0.39, 0.29) is 23.4 Å². The summed E-state index contributed by atoms with van der Waals surface area (Å²) in [5, 5.41) is 3.09. The van der Waals surface area contributed by atoms with Gasteiger partial charge in [-0.05, 0) is 71.1 Å². The number of piperidine rings is 1. The largest absolute Gasteiger partial charge is 0.486 e. The van der Waals surface area contributed by atoms with Gasteiger partial charge >= 0.3 is 0 Å². The third kappa shape index (κ3) is 4.91. The van der Waals surface area contributed by atoms with Crippen molar-refractivity contribution in [3.63, 3.8) is 0 Å². The Morgan fingerprint density at radius 3 is 2.54 bits per heavy atom. The number of rotatable bonds is 5. The quantitative estimate of drug-likeness (QED) is 0.553. The molecule has 0 atom stereocenters. The fourth-order valence-corrected chi connectivity index (χ4v) is 4.76. The van der Waals surface area contributed by atoms with Gasteiger partial charge < -0.3 is 19.9 Å². The number of ether oxygens (including phenoxy) is 1. The van der Waals surface area contributed by atoms with Gasteiger partial charge in [0.1, 0.15) is 12.3 Å². The van der Waals surface area contributed by atoms with Crippen LogP contribution < -0.4 is 15.0 Å². The van der Waals surface area contributed by atoms with Crippen molar-refractivity contribution < 1.29 is 13.5 Å². The minimum absolute atomic E-state index is 0.0226. The van der Waals surface area contributed by atoms with Crippen LogP contribution in [0.5, 0.6) is 5.75 Å². The average molecular weight is 481 g/mol. The van der Waals surface area contributed by atoms with Gasteiger partial charge in [-0.15, -0.1) is 0 Å². The third-order valence-electron chi connectivity index (χ3n) is 6.73. The van der Waals surface area contributed by atoms with Crippen molar-refractivity contribution in [1.82, 2.24) is 19.9 Å². The second-order valence-electron chi connectivity index (χ2n) is 9.51. The number of halogens is 2. The summed E-state index contributed by atoms with van der Waals surface area (Å²) in [6, 6.07) is 7.08. The van der Waals surface area contributed by atoms with Gasteiger partial charge in [-0.2, -0.15) is 0 Å². The topological polar surface area (TPSA) is 66.4 Å². The van der Waals surface area contributed by atoms with Crippen molar-refractivity contribution in [2.75, 3.05) is 43.5 Å². The van der Waals surface area contributed by atoms with E-state index in [2.05, 4.69) is 32.2 Å². The summed E-state index contributed by atoms with van der Waals surface area (Å²) >= 11 is 0. The standard InChI is InChI=1S/C26H30F2N6O/c1-16(2)34-10-11-35-25-20(27)12-18(13-23(25)34)24-21(28)15-30-26(32-24)31-19-4-5-22(29-14-19)17-6-8-33(3)9-7-17/h4-5,12-17H,6-11H2,1-3H3,(H,30,31,32). The van der Waals surface area contributed by atoms with Gasteiger partial charge in [-0.25, -0.2) is 18.7 Å². The second kappa shape index (κ2) is 9.73. The molecule has 1 aromatic carbocycles. The molecular formula is C26H30F2N6O. The molecule has 0 radical (unpaired) electrons. The van der Waals surface area contributed by atoms with E-state index in [1.165, 1.54) is 6.07 Å². The highest BCUT2D eigenvalue weighted by Crippen LogP contribution is 2.39. The third-order valence-corrected chi connectivity index (χ3v) is 6.73. The van der Waals surface area contributed by atoms with Crippen LogP contribution in [-0.2, 0) is 0 Å². The summed E-state index contributed by atoms with van der Waals surface area (Å²) in [6.07, 6.45) is 5.03. The average Bonchev–Trinajstić information content (AvgIpc) is 2.86. The molecule has 3 aromatic rings. The summed E-state index contributed by atoms with van der Waals surface area (Å²) in [4.78, 5) is 17.4. The molecule has 1 saturated heterocycles. The predicted molar refractivity (Wildman–Crippen MR) is 132 cm³/mol. The van der Waals surface area contributed by atoms with E-state index in [4.69, 9.17) is 4.74 Å². The maximum Gasteiger partial charge on any atom is 0.227 e. The molecule has 5 rings (SSSR count). The first-order valence-electron chi connectivity index (χ1n) is 12.1. The summed E-state index contributed by atoms with van der Waals surface area (Å²) in [7, 11) is 2.14. The van der Waals surface area contributed by atoms with Gasteiger partial charge in [0, 0.05) is 23.2 Å². The van der Waals surface area contributed by atoms with Gasteiger partial charge in [0.25, 0.3) is 0 Å². The molecule has 1 N–H and O–H groups in total. The van der Waals surface area contributed by atoms with Crippen molar-refractivity contribution >= 4 is 17.3 Å². The van der Waals surface area contributed by atoms with Crippen LogP contribution >= 0.6 is 0 Å². The first kappa shape index (κ1) is 23.4. The lowest BCUT2D eigenvalue weighted by atomic mass is 9.93. The Hall–Kier alpha value is -3.33. The Morgan fingerprint density at radius 1 is 1.03 bits per heavy atom. The van der Waals surface area contributed by atoms with Crippen LogP contribution in [0.1, 0.15) is 38.3 Å². The SMILES string of the molecule is CC(C)N1CCOc2c(F)cc(-c3nc(Nc4ccc(C5CCN(C)CC5)nc4)ncc3F)cc21. The molecule has 7 nitrogen and oxygen atoms in total. The van der Waals surface area contributed by atoms with Gasteiger partial charge in [-0.3, -0.25) is 4.98 Å². The van der Waals surface area contributed by atoms with Crippen molar-refractivity contribution in [3.05, 3.63) is 54.0 Å². The Kier molecular flexibility index (Phi) is 6.51. The minimum Gasteiger partial charge on any atom is -0.486 e. The zero-order chi connectivity index (χ0) is 24.5. The van der Waals surface area contributed by atoms with Crippen LogP contribution in [0.3, 0.4) is 0 Å². The van der Waals surface area contributed by atoms with E-state index >= 15 is 0 Å². The highest BCUT2D eigenvalue weighted by atomic mass is 19.1. The molecular weight excluding hydrogens is 450 g/mol. The maximum absolute atomic E-state index is 14.9. The number of likely N-dealkylation sites (tertiary alicyclic amines) is 1. The molecule has 2 aliphatic heterocycles. The highest BCUT2D eigenvalue weighted by Gasteiger charge is 2.26. The van der Waals surface area contributed by atoms with E-state index < -0.39 is 11.6 Å². The predicted octanol–water partition coefficient (Wildman–Crippen LogP) is 4.98. The van der Waals surface area contributed by atoms with Crippen LogP contribution in [0, 0.1) is 11.6 Å². The summed E-state index contributed by atoms with van der Waals surface area (Å²) < 4.78 is 35.2. The van der Waals surface area contributed by atoms with Gasteiger partial charge in [0.05, 0.1) is 30.3 Å². The van der Waals surface area contributed by atoms with E-state index in [1.54, 1.807) is 12.3 Å². The number of aromatic nitrogens is 3. The number of benzene rings is 1. The van der Waals surface area contributed by atoms with E-state index in [9.17, 15) is 8.78 Å². The Labute approximate surface area is 204 Å². The first-order valence-corrected chi connectivity index (χ1v) is 12.1. The molecule has 1 fully saturated rings. The molecule has 0 aliphatic carbocycles. The fourth-order valence-electron chi connectivity index (χ4n) is 4.76. The number of fused-ring (bicyclic) bond motifs is 1. The molecule has 35 heavy (non-hydrogen) atoms. The Morgan fingerprint density at radius 2 is 1.83 bits per heavy atom. The Balaban J connectivity index is 1.39. The molecule has 0 spiro atoms. The van der Waals surface area contributed by atoms with E-state index in [1.807, 2.05) is 30.9 Å². The lowest BCUT2D eigenvalue weighted by Crippen LogP contribution is -2.38. The van der Waals surface area contributed by atoms with Gasteiger partial charge in [-0.1, -0.05) is 0 Å². The van der Waals surface area contributed by atoms with Crippen LogP contribution in [-0.4, -0.2) is 59.2 Å². The van der Waals surface area contributed by atoms with Crippen molar-refractivity contribution in [2.24, 2.45) is 0 Å². The zero-order valence-electron chi connectivity index (χ0n) is 20.3. The summed E-state index contributed by atoms with van der Waals surface area (Å²) in [5.74, 6) is -0.299. The Bertz CT molecular complexity index is 1200. The number of nitrogens with zero attached hydrogens (tertiary/aromatic N) is 5. The van der Waals surface area contributed by atoms with Crippen LogP contribution in [0.4, 0.5) is 26.1 Å². The zero-order valence-corrected chi connectivity index (χ0v) is 20.3. The summed E-state index contributed by atoms with van der Waals surface area (Å²) in [5.41, 5.74) is 2.73. The molecule has 0 unspecified atom stereocenters. The first-order chi connectivity index (χ1) is 16.9. The molecule has 2 aliphatic rings. The molecule has 0 saturated carbocycles. The number of nitrogens with one attached hydrogen (secondary N) is 1. The van der Waals surface area contributed by atoms with E-state index in [0.717, 1.165) is 37.8 Å². The highest BCUT2D eigenvalue weighted by molar-refractivity contribution is 5.73. The molecule has 0 bridgehead atoms. The number of pyridine rings is 1. The molecule has 4 heterocycles. The molecule has 2 aromatic heterocycles. The van der Waals surface area contributed by atoms with E-state index in [0.29, 0.717) is 36.0 Å². The maximum atomic E-state index is 14.9. The number of anilines is 3. The number of hydrogen-bond donors (Lipinski definition) is 1. The smallest absolute Gasteiger partial charge is 0.227 e. The molecule has 184 valence electrons. The lowest BCUT2D eigenvalue weighted by molar-refractivity contribution is 0.253. The summed E-state index contributed by atoms with van der Waals surface area (Å²) in [6.45, 7) is 7.24. The monoisotopic (exact) mass is 480 g/mol. The minimum atomic E-state index is -0.626. The van der Waals surface area contributed by atoms with Crippen molar-refractivity contribution in [3.8, 4) is 17.0 Å². The fraction of sp³-hybridized carbons (Fsp3) is 0.423.